The molecule has 2 atom stereocenters. The van der Waals surface area contributed by atoms with Gasteiger partial charge in [0, 0.05) is 24.4 Å². The summed E-state index contributed by atoms with van der Waals surface area (Å²) in [6, 6.07) is 11.3. The fraction of sp³-hybridized carbons (Fsp3) is 0.304. The Hall–Kier alpha value is -3.72. The van der Waals surface area contributed by atoms with Crippen LogP contribution in [0.1, 0.15) is 31.4 Å². The van der Waals surface area contributed by atoms with Crippen molar-refractivity contribution in [1.29, 1.82) is 0 Å². The Kier molecular flexibility index (Phi) is 7.93. The molecule has 0 aliphatic carbocycles. The number of hydrogen-bond donors (Lipinski definition) is 3. The second-order valence-corrected chi connectivity index (χ2v) is 6.92. The minimum atomic E-state index is -1.03. The molecule has 1 heterocycles. The van der Waals surface area contributed by atoms with Gasteiger partial charge >= 0.3 is 12.1 Å². The van der Waals surface area contributed by atoms with Gasteiger partial charge in [0.1, 0.15) is 5.75 Å². The third-order valence-electron chi connectivity index (χ3n) is 4.67. The van der Waals surface area contributed by atoms with Crippen molar-refractivity contribution in [1.82, 2.24) is 0 Å². The van der Waals surface area contributed by atoms with Crippen LogP contribution in [0.15, 0.2) is 54.6 Å². The molecule has 0 unspecified atom stereocenters. The molecule has 3 N–H and O–H groups in total. The van der Waals surface area contributed by atoms with Crippen molar-refractivity contribution in [3.05, 3.63) is 60.2 Å². The summed E-state index contributed by atoms with van der Waals surface area (Å²) in [7, 11) is 0. The zero-order valence-corrected chi connectivity index (χ0v) is 17.5. The Morgan fingerprint density at radius 2 is 1.91 bits per heavy atom. The van der Waals surface area contributed by atoms with Crippen LogP contribution in [0.5, 0.6) is 17.2 Å². The van der Waals surface area contributed by atoms with Gasteiger partial charge in [-0.3, -0.25) is 5.32 Å². The summed E-state index contributed by atoms with van der Waals surface area (Å²) in [5, 5.41) is 21.1. The van der Waals surface area contributed by atoms with Crippen LogP contribution in [0.25, 0.3) is 0 Å². The van der Waals surface area contributed by atoms with Crippen molar-refractivity contribution in [3.63, 3.8) is 0 Å². The molecule has 170 valence electrons. The molecule has 2 aromatic carbocycles. The highest BCUT2D eigenvalue weighted by atomic mass is 16.7. The Balaban J connectivity index is 1.75. The van der Waals surface area contributed by atoms with E-state index < -0.39 is 24.3 Å². The molecule has 0 fully saturated rings. The monoisotopic (exact) mass is 443 g/mol. The summed E-state index contributed by atoms with van der Waals surface area (Å²) in [5.74, 6) is 0.161. The molecule has 9 nitrogen and oxygen atoms in total. The molecule has 0 aromatic heterocycles. The third-order valence-corrected chi connectivity index (χ3v) is 4.67. The van der Waals surface area contributed by atoms with Crippen molar-refractivity contribution in [3.8, 4) is 17.2 Å². The van der Waals surface area contributed by atoms with E-state index in [1.807, 2.05) is 6.92 Å². The van der Waals surface area contributed by atoms with E-state index in [2.05, 4.69) is 5.32 Å². The van der Waals surface area contributed by atoms with E-state index in [-0.39, 0.29) is 12.5 Å². The van der Waals surface area contributed by atoms with Crippen molar-refractivity contribution >= 4 is 17.7 Å². The van der Waals surface area contributed by atoms with Crippen LogP contribution < -0.4 is 14.8 Å². The largest absolute Gasteiger partial charge is 0.508 e. The Labute approximate surface area is 185 Å². The average Bonchev–Trinajstić information content (AvgIpc) is 3.23. The Morgan fingerprint density at radius 1 is 1.16 bits per heavy atom. The zero-order valence-electron chi connectivity index (χ0n) is 17.5. The number of nitrogens with one attached hydrogen (secondary N) is 1. The Bertz CT molecular complexity index is 957. The first-order valence-corrected chi connectivity index (χ1v) is 10.1. The lowest BCUT2D eigenvalue weighted by molar-refractivity contribution is -0.131. The maximum Gasteiger partial charge on any atom is 0.412 e. The minimum absolute atomic E-state index is 0.0784. The van der Waals surface area contributed by atoms with Gasteiger partial charge in [-0.05, 0) is 49.6 Å². The number of carbonyl (C=O) groups excluding carboxylic acids is 1. The number of benzene rings is 2. The number of fused-ring (bicyclic) bond motifs is 1. The van der Waals surface area contributed by atoms with Gasteiger partial charge in [-0.2, -0.15) is 0 Å². The van der Waals surface area contributed by atoms with E-state index in [1.165, 1.54) is 18.2 Å². The van der Waals surface area contributed by atoms with Gasteiger partial charge in [0.25, 0.3) is 0 Å². The summed E-state index contributed by atoms with van der Waals surface area (Å²) in [6.45, 7) is 2.31. The van der Waals surface area contributed by atoms with Gasteiger partial charge in [-0.15, -0.1) is 0 Å². The van der Waals surface area contributed by atoms with E-state index in [1.54, 1.807) is 30.3 Å². The standard InChI is InChI=1S/C23H25NO8/c1-2-29-19(5-3-4-6-21(26)27)22(15-7-10-17(25)11-8-15)32-23(28)24-16-9-12-18-20(13-16)31-14-30-18/h4,6-13,19,22,25H,2-3,5,14H2,1H3,(H,24,28)(H,26,27)/b6-4+/t19-,22-/m0/s1. The molecule has 9 heteroatoms. The number of aliphatic carboxylic acids is 1. The molecular weight excluding hydrogens is 418 g/mol. The van der Waals surface area contributed by atoms with E-state index in [0.29, 0.717) is 42.2 Å². The van der Waals surface area contributed by atoms with Crippen molar-refractivity contribution in [2.75, 3.05) is 18.7 Å². The predicted octanol–water partition coefficient (Wildman–Crippen LogP) is 4.24. The lowest BCUT2D eigenvalue weighted by Crippen LogP contribution is -2.29. The minimum Gasteiger partial charge on any atom is -0.508 e. The molecular formula is C23H25NO8. The van der Waals surface area contributed by atoms with Crippen LogP contribution in [-0.4, -0.2) is 41.8 Å². The molecule has 0 spiro atoms. The molecule has 0 bridgehead atoms. The Morgan fingerprint density at radius 3 is 2.62 bits per heavy atom. The van der Waals surface area contributed by atoms with Crippen LogP contribution >= 0.6 is 0 Å². The second kappa shape index (κ2) is 11.1. The lowest BCUT2D eigenvalue weighted by Gasteiger charge is -2.27. The maximum atomic E-state index is 12.7. The number of aromatic hydroxyl groups is 1. The third kappa shape index (κ3) is 6.39. The predicted molar refractivity (Wildman–Crippen MR) is 115 cm³/mol. The number of anilines is 1. The first kappa shape index (κ1) is 23.0. The first-order valence-electron chi connectivity index (χ1n) is 10.1. The van der Waals surface area contributed by atoms with E-state index in [4.69, 9.17) is 24.1 Å². The number of carboxylic acid groups (broad SMARTS) is 1. The van der Waals surface area contributed by atoms with E-state index in [0.717, 1.165) is 6.08 Å². The van der Waals surface area contributed by atoms with Gasteiger partial charge in [0.05, 0.1) is 6.10 Å². The van der Waals surface area contributed by atoms with Crippen LogP contribution in [0.2, 0.25) is 0 Å². The second-order valence-electron chi connectivity index (χ2n) is 6.92. The number of phenols is 1. The maximum absolute atomic E-state index is 12.7. The van der Waals surface area contributed by atoms with Crippen molar-refractivity contribution in [2.45, 2.75) is 32.0 Å². The number of carbonyl (C=O) groups is 2. The van der Waals surface area contributed by atoms with Crippen LogP contribution in [0, 0.1) is 0 Å². The number of amides is 1. The van der Waals surface area contributed by atoms with Gasteiger partial charge < -0.3 is 29.2 Å². The summed E-state index contributed by atoms with van der Waals surface area (Å²) < 4.78 is 22.1. The van der Waals surface area contributed by atoms with Gasteiger partial charge in [0.15, 0.2) is 17.6 Å². The molecule has 1 aliphatic rings. The SMILES string of the molecule is CCO[C@@H](CC/C=C/C(=O)O)[C@@H](OC(=O)Nc1ccc2c(c1)OCO2)c1ccc(O)cc1. The van der Waals surface area contributed by atoms with Crippen molar-refractivity contribution < 1.29 is 38.7 Å². The number of carboxylic acids is 1. The van der Waals surface area contributed by atoms with E-state index in [9.17, 15) is 14.7 Å². The van der Waals surface area contributed by atoms with Gasteiger partial charge in [0.2, 0.25) is 6.79 Å². The van der Waals surface area contributed by atoms with Gasteiger partial charge in [-0.25, -0.2) is 9.59 Å². The van der Waals surface area contributed by atoms with Crippen LogP contribution in [0.4, 0.5) is 10.5 Å². The fourth-order valence-electron chi connectivity index (χ4n) is 3.24. The average molecular weight is 443 g/mol. The summed E-state index contributed by atoms with van der Waals surface area (Å²) in [5.41, 5.74) is 1.10. The number of allylic oxidation sites excluding steroid dienone is 1. The van der Waals surface area contributed by atoms with Crippen LogP contribution in [0.3, 0.4) is 0 Å². The number of hydrogen-bond acceptors (Lipinski definition) is 7. The molecule has 0 saturated heterocycles. The topological polar surface area (TPSA) is 124 Å². The first-order chi connectivity index (χ1) is 15.5. The quantitative estimate of drug-likeness (QED) is 0.466. The molecule has 1 amide bonds. The van der Waals surface area contributed by atoms with Crippen LogP contribution in [-0.2, 0) is 14.3 Å². The fourth-order valence-corrected chi connectivity index (χ4v) is 3.24. The zero-order chi connectivity index (χ0) is 22.9. The molecule has 32 heavy (non-hydrogen) atoms. The molecule has 1 aliphatic heterocycles. The number of phenolic OH excluding ortho intramolecular Hbond substituents is 1. The molecule has 3 rings (SSSR count). The molecule has 0 radical (unpaired) electrons. The highest BCUT2D eigenvalue weighted by Gasteiger charge is 2.28. The van der Waals surface area contributed by atoms with E-state index >= 15 is 0 Å². The highest BCUT2D eigenvalue weighted by molar-refractivity contribution is 5.85. The number of rotatable bonds is 10. The lowest BCUT2D eigenvalue weighted by atomic mass is 10.00. The number of ether oxygens (including phenoxy) is 4. The summed E-state index contributed by atoms with van der Waals surface area (Å²) in [6.07, 6.45) is 1.39. The van der Waals surface area contributed by atoms with Gasteiger partial charge in [-0.1, -0.05) is 18.2 Å². The highest BCUT2D eigenvalue weighted by Crippen LogP contribution is 2.34. The summed E-state index contributed by atoms with van der Waals surface area (Å²) >= 11 is 0. The molecule has 2 aromatic rings. The smallest absolute Gasteiger partial charge is 0.412 e. The summed E-state index contributed by atoms with van der Waals surface area (Å²) in [4.78, 5) is 23.4. The molecule has 0 saturated carbocycles. The normalized spacial score (nSPS) is 14.2. The van der Waals surface area contributed by atoms with Crippen molar-refractivity contribution in [2.24, 2.45) is 0 Å².